The highest BCUT2D eigenvalue weighted by molar-refractivity contribution is 5.84. The van der Waals surface area contributed by atoms with Gasteiger partial charge >= 0.3 is 6.09 Å². The van der Waals surface area contributed by atoms with Crippen molar-refractivity contribution in [2.75, 3.05) is 27.2 Å². The molecule has 21 heavy (non-hydrogen) atoms. The third-order valence-corrected chi connectivity index (χ3v) is 3.40. The molecule has 1 aliphatic heterocycles. The first kappa shape index (κ1) is 9.84. The maximum Gasteiger partial charge on any atom is 0.407 e. The maximum atomic E-state index is 11.2. The van der Waals surface area contributed by atoms with Crippen molar-refractivity contribution in [3.63, 3.8) is 0 Å². The van der Waals surface area contributed by atoms with Gasteiger partial charge in [-0.1, -0.05) is 6.07 Å². The van der Waals surface area contributed by atoms with E-state index in [1.165, 1.54) is 4.90 Å². The number of fused-ring (bicyclic) bond motifs is 1. The summed E-state index contributed by atoms with van der Waals surface area (Å²) in [6.07, 6.45) is -0.0524. The topological polar surface area (TPSA) is 57.4 Å². The smallest absolute Gasteiger partial charge is 0.407 e. The molecule has 0 aliphatic carbocycles. The standard InChI is InChI=1S/C16H21N3O2/c1-19(2)6-5-12-9-17-15-4-3-11(8-14(12)15)7-13-10-21-16(20)18-13/h3-4,8-9,13,17H,5-7,10H2,1-2H3,(H,18,20)/t13-/m0/s1/i6D2,9D,13D. The number of nitrogens with one attached hydrogen (secondary N) is 2. The van der Waals surface area contributed by atoms with Crippen molar-refractivity contribution in [1.29, 1.82) is 0 Å². The van der Waals surface area contributed by atoms with E-state index >= 15 is 0 Å². The van der Waals surface area contributed by atoms with E-state index in [-0.39, 0.29) is 25.6 Å². The molecular formula is C16H21N3O2. The third kappa shape index (κ3) is 3.19. The van der Waals surface area contributed by atoms with E-state index < -0.39 is 18.6 Å². The summed E-state index contributed by atoms with van der Waals surface area (Å²) in [6.45, 7) is -1.60. The Balaban J connectivity index is 1.94. The predicted octanol–water partition coefficient (Wildman–Crippen LogP) is 1.92. The van der Waals surface area contributed by atoms with E-state index in [2.05, 4.69) is 10.3 Å². The number of alkyl carbamates (subject to hydrolysis) is 1. The molecule has 2 aromatic rings. The third-order valence-electron chi connectivity index (χ3n) is 3.40. The number of aromatic nitrogens is 1. The quantitative estimate of drug-likeness (QED) is 0.885. The van der Waals surface area contributed by atoms with Crippen molar-refractivity contribution in [2.24, 2.45) is 0 Å². The molecule has 0 bridgehead atoms. The monoisotopic (exact) mass is 291 g/mol. The number of benzene rings is 1. The van der Waals surface area contributed by atoms with Gasteiger partial charge in [0.1, 0.15) is 6.61 Å². The van der Waals surface area contributed by atoms with Crippen LogP contribution in [0.2, 0.25) is 0 Å². The lowest BCUT2D eigenvalue weighted by Crippen LogP contribution is -2.28. The summed E-state index contributed by atoms with van der Waals surface area (Å²) in [4.78, 5) is 15.7. The SMILES string of the molecule is [2H]c1[nH]c2ccc(C[C@@]3([2H])COC(=O)N3)cc2c1CC([2H])([2H])N(C)C. The molecule has 0 unspecified atom stereocenters. The van der Waals surface area contributed by atoms with Gasteiger partial charge in [0.05, 0.1) is 8.76 Å². The van der Waals surface area contributed by atoms with E-state index in [0.717, 1.165) is 16.5 Å². The molecule has 1 amide bonds. The fraction of sp³-hybridized carbons (Fsp3) is 0.438. The van der Waals surface area contributed by atoms with Crippen LogP contribution in [0.25, 0.3) is 10.9 Å². The van der Waals surface area contributed by atoms with Crippen molar-refractivity contribution in [2.45, 2.75) is 18.9 Å². The van der Waals surface area contributed by atoms with Crippen LogP contribution in [-0.2, 0) is 17.6 Å². The van der Waals surface area contributed by atoms with Crippen molar-refractivity contribution in [3.8, 4) is 0 Å². The molecule has 1 fully saturated rings. The normalized spacial score (nSPS) is 25.2. The zero-order chi connectivity index (χ0) is 18.4. The minimum absolute atomic E-state index is 0.0171. The Bertz CT molecular complexity index is 821. The molecule has 0 saturated carbocycles. The Labute approximate surface area is 129 Å². The Morgan fingerprint density at radius 3 is 3.14 bits per heavy atom. The fourth-order valence-corrected chi connectivity index (χ4v) is 2.36. The number of hydrogen-bond acceptors (Lipinski definition) is 3. The Kier molecular flexibility index (Phi) is 2.71. The molecule has 1 aromatic carbocycles. The highest BCUT2D eigenvalue weighted by Gasteiger charge is 2.22. The van der Waals surface area contributed by atoms with Crippen LogP contribution < -0.4 is 5.32 Å². The van der Waals surface area contributed by atoms with Gasteiger partial charge in [-0.15, -0.1) is 0 Å². The van der Waals surface area contributed by atoms with Gasteiger partial charge in [0.15, 0.2) is 0 Å². The summed E-state index contributed by atoms with van der Waals surface area (Å²) in [7, 11) is 3.33. The van der Waals surface area contributed by atoms with Gasteiger partial charge in [0.25, 0.3) is 0 Å². The maximum absolute atomic E-state index is 11.2. The number of rotatable bonds is 5. The molecule has 3 rings (SSSR count). The number of hydrogen-bond donors (Lipinski definition) is 2. The highest BCUT2D eigenvalue weighted by atomic mass is 16.6. The molecule has 5 heteroatoms. The molecule has 1 aliphatic rings. The van der Waals surface area contributed by atoms with E-state index in [1.54, 1.807) is 14.1 Å². The first-order valence-corrected chi connectivity index (χ1v) is 6.82. The summed E-state index contributed by atoms with van der Waals surface area (Å²) < 4.78 is 37.4. The molecule has 2 N–H and O–H groups in total. The lowest BCUT2D eigenvalue weighted by Gasteiger charge is -2.09. The van der Waals surface area contributed by atoms with E-state index in [1.807, 2.05) is 18.2 Å². The second-order valence-corrected chi connectivity index (χ2v) is 5.32. The first-order valence-electron chi connectivity index (χ1n) is 8.82. The van der Waals surface area contributed by atoms with Crippen LogP contribution in [0.3, 0.4) is 0 Å². The number of amides is 1. The number of aryl methyl sites for hydroxylation is 1. The summed E-state index contributed by atoms with van der Waals surface area (Å²) in [5.41, 5.74) is 2.17. The van der Waals surface area contributed by atoms with Gasteiger partial charge in [-0.05, 0) is 50.2 Å². The van der Waals surface area contributed by atoms with Crippen LogP contribution in [0.1, 0.15) is 16.6 Å². The van der Waals surface area contributed by atoms with Crippen LogP contribution in [-0.4, -0.2) is 49.2 Å². The molecular weight excluding hydrogens is 266 g/mol. The number of nitrogens with zero attached hydrogens (tertiary/aromatic N) is 1. The Morgan fingerprint density at radius 1 is 1.57 bits per heavy atom. The summed E-state index contributed by atoms with van der Waals surface area (Å²) in [5, 5.41) is 3.26. The lowest BCUT2D eigenvalue weighted by molar-refractivity contribution is 0.177. The average molecular weight is 291 g/mol. The number of carbonyl (C=O) groups excluding carboxylic acids is 1. The zero-order valence-electron chi connectivity index (χ0n) is 16.1. The van der Waals surface area contributed by atoms with Gasteiger partial charge in [0.2, 0.25) is 0 Å². The van der Waals surface area contributed by atoms with Crippen molar-refractivity contribution in [3.05, 3.63) is 35.5 Å². The van der Waals surface area contributed by atoms with Gasteiger partial charge in [0, 0.05) is 26.3 Å². The second kappa shape index (κ2) is 5.77. The number of likely N-dealkylation sites (N-methyl/N-ethyl adjacent to an activating group) is 1. The van der Waals surface area contributed by atoms with Gasteiger partial charge in [-0.3, -0.25) is 0 Å². The summed E-state index contributed by atoms with van der Waals surface area (Å²) in [6, 6.07) is 4.30. The minimum atomic E-state index is -1.58. The fourth-order valence-electron chi connectivity index (χ4n) is 2.36. The molecule has 1 saturated heterocycles. The van der Waals surface area contributed by atoms with E-state index in [0.29, 0.717) is 5.56 Å². The zero-order valence-corrected chi connectivity index (χ0v) is 12.1. The lowest BCUT2D eigenvalue weighted by atomic mass is 10.0. The van der Waals surface area contributed by atoms with E-state index in [9.17, 15) is 4.79 Å². The molecule has 112 valence electrons. The Hall–Kier alpha value is -2.01. The van der Waals surface area contributed by atoms with Crippen molar-refractivity contribution < 1.29 is 15.0 Å². The average Bonchev–Trinajstić information content (AvgIpc) is 2.99. The van der Waals surface area contributed by atoms with Crippen LogP contribution >= 0.6 is 0 Å². The number of carbonyl (C=O) groups is 1. The molecule has 5 nitrogen and oxygen atoms in total. The molecule has 1 aromatic heterocycles. The van der Waals surface area contributed by atoms with E-state index in [4.69, 9.17) is 10.2 Å². The number of H-pyrrole nitrogens is 1. The number of ether oxygens (including phenoxy) is 1. The summed E-state index contributed by atoms with van der Waals surface area (Å²) >= 11 is 0. The van der Waals surface area contributed by atoms with Crippen LogP contribution in [0.5, 0.6) is 0 Å². The second-order valence-electron chi connectivity index (χ2n) is 5.32. The van der Waals surface area contributed by atoms with Crippen molar-refractivity contribution in [1.82, 2.24) is 15.2 Å². The van der Waals surface area contributed by atoms with Gasteiger partial charge in [-0.2, -0.15) is 0 Å². The van der Waals surface area contributed by atoms with Crippen LogP contribution in [0, 0.1) is 0 Å². The Morgan fingerprint density at radius 2 is 2.43 bits per heavy atom. The minimum Gasteiger partial charge on any atom is -0.447 e. The highest BCUT2D eigenvalue weighted by Crippen LogP contribution is 2.21. The van der Waals surface area contributed by atoms with Crippen molar-refractivity contribution >= 4 is 17.0 Å². The summed E-state index contributed by atoms with van der Waals surface area (Å²) in [5.74, 6) is 0. The van der Waals surface area contributed by atoms with Crippen LogP contribution in [0.4, 0.5) is 4.79 Å². The number of cyclic esters (lactones) is 1. The van der Waals surface area contributed by atoms with Gasteiger partial charge < -0.3 is 19.9 Å². The molecule has 2 heterocycles. The van der Waals surface area contributed by atoms with Gasteiger partial charge in [-0.25, -0.2) is 4.79 Å². The first-order chi connectivity index (χ1) is 11.6. The largest absolute Gasteiger partial charge is 0.447 e. The molecule has 1 atom stereocenters. The molecule has 0 radical (unpaired) electrons. The molecule has 0 spiro atoms. The number of aromatic amines is 1. The predicted molar refractivity (Wildman–Crippen MR) is 82.5 cm³/mol. The van der Waals surface area contributed by atoms with Crippen LogP contribution in [0.15, 0.2) is 24.4 Å².